The Morgan fingerprint density at radius 1 is 1.36 bits per heavy atom. The standard InChI is InChI=1S/C17H28N2OS2/c1-13(2)9-11-21-12-16(20)18-10-5-8-17-19-14-6-3-4-7-15(14)22-17/h13H,3-12H2,1-2H3,(H,18,20). The van der Waals surface area contributed by atoms with Crippen LogP contribution in [0, 0.1) is 5.92 Å². The maximum atomic E-state index is 11.7. The first-order valence-corrected chi connectivity index (χ1v) is 10.4. The van der Waals surface area contributed by atoms with Gasteiger partial charge in [0.15, 0.2) is 0 Å². The van der Waals surface area contributed by atoms with Gasteiger partial charge in [-0.05, 0) is 50.2 Å². The van der Waals surface area contributed by atoms with Gasteiger partial charge in [-0.15, -0.1) is 11.3 Å². The number of fused-ring (bicyclic) bond motifs is 1. The second kappa shape index (κ2) is 9.56. The Kier molecular flexibility index (Phi) is 7.73. The molecule has 0 aliphatic heterocycles. The Balaban J connectivity index is 1.55. The maximum absolute atomic E-state index is 11.7. The number of thiazole rings is 1. The van der Waals surface area contributed by atoms with Gasteiger partial charge in [0.1, 0.15) is 0 Å². The maximum Gasteiger partial charge on any atom is 0.229 e. The number of amides is 1. The number of nitrogens with zero attached hydrogens (tertiary/aromatic N) is 1. The average Bonchev–Trinajstić information content (AvgIpc) is 2.90. The molecule has 5 heteroatoms. The van der Waals surface area contributed by atoms with Gasteiger partial charge >= 0.3 is 0 Å². The lowest BCUT2D eigenvalue weighted by molar-refractivity contribution is -0.118. The summed E-state index contributed by atoms with van der Waals surface area (Å²) in [6.07, 6.45) is 8.17. The fourth-order valence-electron chi connectivity index (χ4n) is 2.51. The molecule has 1 aromatic rings. The summed E-state index contributed by atoms with van der Waals surface area (Å²) in [5.74, 6) is 2.57. The molecule has 1 heterocycles. The number of aromatic nitrogens is 1. The van der Waals surface area contributed by atoms with Crippen molar-refractivity contribution in [3.05, 3.63) is 15.6 Å². The molecule has 0 bridgehead atoms. The largest absolute Gasteiger partial charge is 0.355 e. The number of thioether (sulfide) groups is 1. The topological polar surface area (TPSA) is 42.0 Å². The monoisotopic (exact) mass is 340 g/mol. The van der Waals surface area contributed by atoms with Crippen molar-refractivity contribution in [2.75, 3.05) is 18.1 Å². The molecule has 0 spiro atoms. The van der Waals surface area contributed by atoms with Crippen LogP contribution in [0.1, 0.15) is 55.1 Å². The summed E-state index contributed by atoms with van der Waals surface area (Å²) in [5, 5.41) is 4.28. The number of nitrogens with one attached hydrogen (secondary N) is 1. The van der Waals surface area contributed by atoms with E-state index < -0.39 is 0 Å². The third-order valence-electron chi connectivity index (χ3n) is 3.85. The summed E-state index contributed by atoms with van der Waals surface area (Å²) in [6, 6.07) is 0. The molecule has 22 heavy (non-hydrogen) atoms. The number of hydrogen-bond donors (Lipinski definition) is 1. The Morgan fingerprint density at radius 3 is 2.95 bits per heavy atom. The summed E-state index contributed by atoms with van der Waals surface area (Å²) < 4.78 is 0. The zero-order chi connectivity index (χ0) is 15.8. The first-order valence-electron chi connectivity index (χ1n) is 8.47. The van der Waals surface area contributed by atoms with Crippen molar-refractivity contribution >= 4 is 29.0 Å². The van der Waals surface area contributed by atoms with Crippen molar-refractivity contribution in [1.82, 2.24) is 10.3 Å². The van der Waals surface area contributed by atoms with E-state index in [9.17, 15) is 4.79 Å². The SMILES string of the molecule is CC(C)CCSCC(=O)NCCCc1nc2c(s1)CCCC2. The van der Waals surface area contributed by atoms with Crippen LogP contribution in [0.3, 0.4) is 0 Å². The van der Waals surface area contributed by atoms with Crippen LogP contribution in [0.4, 0.5) is 0 Å². The molecular weight excluding hydrogens is 312 g/mol. The highest BCUT2D eigenvalue weighted by Gasteiger charge is 2.14. The Morgan fingerprint density at radius 2 is 2.18 bits per heavy atom. The van der Waals surface area contributed by atoms with E-state index >= 15 is 0 Å². The second-order valence-electron chi connectivity index (χ2n) is 6.37. The summed E-state index contributed by atoms with van der Waals surface area (Å²) in [5.41, 5.74) is 1.34. The predicted octanol–water partition coefficient (Wildman–Crippen LogP) is 3.85. The van der Waals surface area contributed by atoms with Gasteiger partial charge in [-0.3, -0.25) is 4.79 Å². The van der Waals surface area contributed by atoms with Gasteiger partial charge in [0, 0.05) is 17.8 Å². The lowest BCUT2D eigenvalue weighted by atomic mass is 10.0. The van der Waals surface area contributed by atoms with Crippen molar-refractivity contribution < 1.29 is 4.79 Å². The Labute approximate surface area is 142 Å². The third kappa shape index (κ3) is 6.29. The van der Waals surface area contributed by atoms with Gasteiger partial charge in [-0.2, -0.15) is 11.8 Å². The van der Waals surface area contributed by atoms with E-state index in [1.807, 2.05) is 11.3 Å². The molecule has 0 radical (unpaired) electrons. The average molecular weight is 341 g/mol. The predicted molar refractivity (Wildman–Crippen MR) is 96.9 cm³/mol. The number of hydrogen-bond acceptors (Lipinski definition) is 4. The van der Waals surface area contributed by atoms with Crippen molar-refractivity contribution in [3.8, 4) is 0 Å². The van der Waals surface area contributed by atoms with E-state index in [4.69, 9.17) is 4.98 Å². The Bertz CT molecular complexity index is 448. The van der Waals surface area contributed by atoms with E-state index in [0.717, 1.165) is 37.5 Å². The van der Waals surface area contributed by atoms with Crippen LogP contribution < -0.4 is 5.32 Å². The van der Waals surface area contributed by atoms with Crippen molar-refractivity contribution in [2.24, 2.45) is 5.92 Å². The highest BCUT2D eigenvalue weighted by Crippen LogP contribution is 2.27. The van der Waals surface area contributed by atoms with E-state index in [-0.39, 0.29) is 5.91 Å². The Hall–Kier alpha value is -0.550. The lowest BCUT2D eigenvalue weighted by Gasteiger charge is -2.06. The van der Waals surface area contributed by atoms with Crippen LogP contribution in [0.5, 0.6) is 0 Å². The molecule has 0 saturated carbocycles. The third-order valence-corrected chi connectivity index (χ3v) is 6.06. The molecular formula is C17H28N2OS2. The molecule has 0 unspecified atom stereocenters. The molecule has 0 atom stereocenters. The number of carbonyl (C=O) groups is 1. The van der Waals surface area contributed by atoms with Crippen LogP contribution in [0.25, 0.3) is 0 Å². The van der Waals surface area contributed by atoms with E-state index in [1.54, 1.807) is 11.8 Å². The molecule has 124 valence electrons. The molecule has 3 nitrogen and oxygen atoms in total. The molecule has 1 aromatic heterocycles. The zero-order valence-corrected chi connectivity index (χ0v) is 15.5. The van der Waals surface area contributed by atoms with Gasteiger partial charge in [-0.25, -0.2) is 4.98 Å². The summed E-state index contributed by atoms with van der Waals surface area (Å²) >= 11 is 3.63. The molecule has 1 aliphatic carbocycles. The lowest BCUT2D eigenvalue weighted by Crippen LogP contribution is -2.26. The molecule has 1 aliphatic rings. The second-order valence-corrected chi connectivity index (χ2v) is 8.65. The van der Waals surface area contributed by atoms with Crippen LogP contribution in [-0.4, -0.2) is 28.9 Å². The normalized spacial score (nSPS) is 14.1. The minimum atomic E-state index is 0.173. The molecule has 2 rings (SSSR count). The molecule has 0 aromatic carbocycles. The van der Waals surface area contributed by atoms with Gasteiger partial charge in [-0.1, -0.05) is 13.8 Å². The van der Waals surface area contributed by atoms with Gasteiger partial charge in [0.25, 0.3) is 0 Å². The quantitative estimate of drug-likeness (QED) is 0.694. The summed E-state index contributed by atoms with van der Waals surface area (Å²) in [6.45, 7) is 5.21. The van der Waals surface area contributed by atoms with Crippen molar-refractivity contribution in [2.45, 2.75) is 58.8 Å². The van der Waals surface area contributed by atoms with Crippen molar-refractivity contribution in [3.63, 3.8) is 0 Å². The minimum absolute atomic E-state index is 0.173. The highest BCUT2D eigenvalue weighted by atomic mass is 32.2. The first-order chi connectivity index (χ1) is 10.6. The van der Waals surface area contributed by atoms with E-state index in [0.29, 0.717) is 5.75 Å². The zero-order valence-electron chi connectivity index (χ0n) is 13.8. The first kappa shape index (κ1) is 17.8. The molecule has 0 saturated heterocycles. The van der Waals surface area contributed by atoms with Crippen LogP contribution >= 0.6 is 23.1 Å². The van der Waals surface area contributed by atoms with Gasteiger partial charge < -0.3 is 5.32 Å². The fraction of sp³-hybridized carbons (Fsp3) is 0.765. The number of aryl methyl sites for hydroxylation is 3. The van der Waals surface area contributed by atoms with Crippen LogP contribution in [-0.2, 0) is 24.1 Å². The summed E-state index contributed by atoms with van der Waals surface area (Å²) in [7, 11) is 0. The molecule has 0 fully saturated rings. The molecule has 1 N–H and O–H groups in total. The minimum Gasteiger partial charge on any atom is -0.355 e. The molecule has 1 amide bonds. The number of rotatable bonds is 9. The van der Waals surface area contributed by atoms with E-state index in [2.05, 4.69) is 19.2 Å². The van der Waals surface area contributed by atoms with Gasteiger partial charge in [0.05, 0.1) is 16.5 Å². The smallest absolute Gasteiger partial charge is 0.229 e. The van der Waals surface area contributed by atoms with Crippen LogP contribution in [0.15, 0.2) is 0 Å². The van der Waals surface area contributed by atoms with Crippen molar-refractivity contribution in [1.29, 1.82) is 0 Å². The highest BCUT2D eigenvalue weighted by molar-refractivity contribution is 7.99. The van der Waals surface area contributed by atoms with E-state index in [1.165, 1.54) is 41.3 Å². The summed E-state index contributed by atoms with van der Waals surface area (Å²) in [4.78, 5) is 18.0. The fourth-order valence-corrected chi connectivity index (χ4v) is 4.78. The van der Waals surface area contributed by atoms with Gasteiger partial charge in [0.2, 0.25) is 5.91 Å². The number of carbonyl (C=O) groups excluding carboxylic acids is 1. The van der Waals surface area contributed by atoms with Crippen LogP contribution in [0.2, 0.25) is 0 Å².